The third kappa shape index (κ3) is 1.11. The third-order valence-electron chi connectivity index (χ3n) is 2.01. The lowest BCUT2D eigenvalue weighted by Gasteiger charge is -2.05. The highest BCUT2D eigenvalue weighted by Gasteiger charge is 2.15. The van der Waals surface area contributed by atoms with Crippen LogP contribution in [0, 0.1) is 6.92 Å². The van der Waals surface area contributed by atoms with Gasteiger partial charge in [0.2, 0.25) is 0 Å². The van der Waals surface area contributed by atoms with E-state index in [0.717, 1.165) is 5.82 Å². The fourth-order valence-electron chi connectivity index (χ4n) is 1.33. The first-order chi connectivity index (χ1) is 6.52. The second kappa shape index (κ2) is 2.93. The van der Waals surface area contributed by atoms with Crippen molar-refractivity contribution < 1.29 is 0 Å². The summed E-state index contributed by atoms with van der Waals surface area (Å²) in [6.45, 7) is 1.81. The maximum absolute atomic E-state index is 5.89. The summed E-state index contributed by atoms with van der Waals surface area (Å²) < 4.78 is 0. The van der Waals surface area contributed by atoms with E-state index >= 15 is 0 Å². The molecule has 0 aliphatic heterocycles. The highest BCUT2D eigenvalue weighted by atomic mass is 35.5. The minimum absolute atomic E-state index is 0.253. The van der Waals surface area contributed by atoms with Crippen molar-refractivity contribution in [1.82, 2.24) is 9.97 Å². The summed E-state index contributed by atoms with van der Waals surface area (Å²) in [5.41, 5.74) is 13.4. The number of nitrogens with zero attached hydrogens (tertiary/aromatic N) is 1. The molecule has 14 heavy (non-hydrogen) atoms. The van der Waals surface area contributed by atoms with Gasteiger partial charge in [-0.1, -0.05) is 23.2 Å². The van der Waals surface area contributed by atoms with Crippen LogP contribution in [0.25, 0.3) is 11.0 Å². The number of benzene rings is 1. The number of halogens is 2. The Hall–Kier alpha value is -1.13. The summed E-state index contributed by atoms with van der Waals surface area (Å²) in [7, 11) is 0. The van der Waals surface area contributed by atoms with E-state index in [4.69, 9.17) is 34.7 Å². The third-order valence-corrected chi connectivity index (χ3v) is 2.89. The van der Waals surface area contributed by atoms with Crippen LogP contribution in [-0.2, 0) is 0 Å². The van der Waals surface area contributed by atoms with Crippen LogP contribution in [0.1, 0.15) is 5.82 Å². The minimum Gasteiger partial charge on any atom is -0.396 e. The van der Waals surface area contributed by atoms with E-state index < -0.39 is 0 Å². The van der Waals surface area contributed by atoms with Gasteiger partial charge in [-0.2, -0.15) is 0 Å². The van der Waals surface area contributed by atoms with Crippen LogP contribution in [0.15, 0.2) is 0 Å². The van der Waals surface area contributed by atoms with Crippen molar-refractivity contribution in [2.24, 2.45) is 0 Å². The lowest BCUT2D eigenvalue weighted by molar-refractivity contribution is 1.17. The summed E-state index contributed by atoms with van der Waals surface area (Å²) in [5.74, 6) is 0.719. The number of nitrogen functional groups attached to an aromatic ring is 2. The Kier molecular flexibility index (Phi) is 1.97. The molecule has 0 amide bonds. The van der Waals surface area contributed by atoms with Crippen molar-refractivity contribution in [2.75, 3.05) is 11.5 Å². The van der Waals surface area contributed by atoms with Gasteiger partial charge in [-0.25, -0.2) is 4.98 Å². The number of aryl methyl sites for hydroxylation is 1. The molecule has 1 aromatic heterocycles. The fraction of sp³-hybridized carbons (Fsp3) is 0.125. The standard InChI is InChI=1S/C8H8Cl2N4/c1-2-13-7-5(11)3(9)4(10)6(12)8(7)14-2/h11-12H2,1H3,(H,13,14). The van der Waals surface area contributed by atoms with Gasteiger partial charge in [-0.3, -0.25) is 0 Å². The zero-order chi connectivity index (χ0) is 10.5. The molecule has 74 valence electrons. The number of nitrogens with two attached hydrogens (primary N) is 2. The molecular weight excluding hydrogens is 223 g/mol. The molecule has 0 radical (unpaired) electrons. The molecule has 0 saturated carbocycles. The number of fused-ring (bicyclic) bond motifs is 1. The molecule has 2 aromatic rings. The summed E-state index contributed by atoms with van der Waals surface area (Å²) >= 11 is 11.8. The number of hydrogen-bond acceptors (Lipinski definition) is 3. The second-order valence-electron chi connectivity index (χ2n) is 3.00. The molecule has 4 nitrogen and oxygen atoms in total. The summed E-state index contributed by atoms with van der Waals surface area (Å²) in [4.78, 5) is 7.15. The van der Waals surface area contributed by atoms with Crippen molar-refractivity contribution in [3.63, 3.8) is 0 Å². The van der Waals surface area contributed by atoms with Crippen molar-refractivity contribution in [3.05, 3.63) is 15.9 Å². The summed E-state index contributed by atoms with van der Waals surface area (Å²) in [5, 5.41) is 0.517. The largest absolute Gasteiger partial charge is 0.396 e. The van der Waals surface area contributed by atoms with Crippen LogP contribution in [0.3, 0.4) is 0 Å². The van der Waals surface area contributed by atoms with E-state index in [1.165, 1.54) is 0 Å². The number of rotatable bonds is 0. The maximum Gasteiger partial charge on any atom is 0.115 e. The van der Waals surface area contributed by atoms with E-state index in [9.17, 15) is 0 Å². The number of nitrogens with one attached hydrogen (secondary N) is 1. The molecule has 5 N–H and O–H groups in total. The molecule has 0 aliphatic rings. The Morgan fingerprint density at radius 2 is 1.71 bits per heavy atom. The van der Waals surface area contributed by atoms with Crippen molar-refractivity contribution in [1.29, 1.82) is 0 Å². The van der Waals surface area contributed by atoms with Crippen molar-refractivity contribution >= 4 is 45.6 Å². The van der Waals surface area contributed by atoms with Crippen LogP contribution in [0.4, 0.5) is 11.4 Å². The van der Waals surface area contributed by atoms with E-state index in [1.54, 1.807) is 6.92 Å². The number of anilines is 2. The highest BCUT2D eigenvalue weighted by molar-refractivity contribution is 6.47. The lowest BCUT2D eigenvalue weighted by Crippen LogP contribution is -1.95. The molecule has 0 atom stereocenters. The molecule has 0 bridgehead atoms. The van der Waals surface area contributed by atoms with Crippen LogP contribution in [0.5, 0.6) is 0 Å². The molecule has 6 heteroatoms. The van der Waals surface area contributed by atoms with Gasteiger partial charge >= 0.3 is 0 Å². The van der Waals surface area contributed by atoms with Gasteiger partial charge in [-0.15, -0.1) is 0 Å². The first kappa shape index (κ1) is 9.43. The number of H-pyrrole nitrogens is 1. The van der Waals surface area contributed by atoms with Gasteiger partial charge < -0.3 is 16.5 Å². The van der Waals surface area contributed by atoms with E-state index in [1.807, 2.05) is 0 Å². The Labute approximate surface area is 90.2 Å². The average Bonchev–Trinajstić information content (AvgIpc) is 2.54. The Morgan fingerprint density at radius 3 is 2.36 bits per heavy atom. The van der Waals surface area contributed by atoms with Gasteiger partial charge in [0.1, 0.15) is 11.3 Å². The zero-order valence-corrected chi connectivity index (χ0v) is 8.87. The van der Waals surface area contributed by atoms with Gasteiger partial charge in [-0.05, 0) is 6.92 Å². The average molecular weight is 231 g/mol. The monoisotopic (exact) mass is 230 g/mol. The normalized spacial score (nSPS) is 11.1. The molecular formula is C8H8Cl2N4. The first-order valence-electron chi connectivity index (χ1n) is 3.90. The van der Waals surface area contributed by atoms with Gasteiger partial charge in [0.25, 0.3) is 0 Å². The minimum atomic E-state index is 0.253. The molecule has 0 aliphatic carbocycles. The highest BCUT2D eigenvalue weighted by Crippen LogP contribution is 2.39. The van der Waals surface area contributed by atoms with E-state index in [2.05, 4.69) is 9.97 Å². The molecule has 1 heterocycles. The lowest BCUT2D eigenvalue weighted by atomic mass is 10.2. The Morgan fingerprint density at radius 1 is 1.14 bits per heavy atom. The number of aromatic nitrogens is 2. The predicted octanol–water partition coefficient (Wildman–Crippen LogP) is 2.34. The Bertz CT molecular complexity index is 473. The van der Waals surface area contributed by atoms with E-state index in [0.29, 0.717) is 22.4 Å². The van der Waals surface area contributed by atoms with Gasteiger partial charge in [0, 0.05) is 0 Å². The van der Waals surface area contributed by atoms with Crippen LogP contribution < -0.4 is 11.5 Å². The van der Waals surface area contributed by atoms with Gasteiger partial charge in [0.15, 0.2) is 0 Å². The SMILES string of the molecule is Cc1nc2c(N)c(Cl)c(Cl)c(N)c2[nH]1. The van der Waals surface area contributed by atoms with Crippen LogP contribution in [0.2, 0.25) is 10.0 Å². The molecule has 2 rings (SSSR count). The molecule has 0 spiro atoms. The first-order valence-corrected chi connectivity index (χ1v) is 4.66. The van der Waals surface area contributed by atoms with Gasteiger partial charge in [0.05, 0.1) is 26.9 Å². The zero-order valence-electron chi connectivity index (χ0n) is 7.36. The summed E-state index contributed by atoms with van der Waals surface area (Å²) in [6.07, 6.45) is 0. The van der Waals surface area contributed by atoms with Crippen molar-refractivity contribution in [3.8, 4) is 0 Å². The number of aromatic amines is 1. The topological polar surface area (TPSA) is 80.7 Å². The molecule has 0 saturated heterocycles. The Balaban J connectivity index is 3.01. The smallest absolute Gasteiger partial charge is 0.115 e. The fourth-order valence-corrected chi connectivity index (χ4v) is 1.72. The molecule has 0 unspecified atom stereocenters. The maximum atomic E-state index is 5.89. The van der Waals surface area contributed by atoms with Crippen molar-refractivity contribution in [2.45, 2.75) is 6.92 Å². The van der Waals surface area contributed by atoms with Crippen LogP contribution in [-0.4, -0.2) is 9.97 Å². The summed E-state index contributed by atoms with van der Waals surface area (Å²) in [6, 6.07) is 0. The quantitative estimate of drug-likeness (QED) is 0.608. The number of hydrogen-bond donors (Lipinski definition) is 3. The number of imidazole rings is 1. The predicted molar refractivity (Wildman–Crippen MR) is 59.7 cm³/mol. The molecule has 0 fully saturated rings. The second-order valence-corrected chi connectivity index (χ2v) is 3.76. The van der Waals surface area contributed by atoms with Crippen LogP contribution >= 0.6 is 23.2 Å². The molecule has 1 aromatic carbocycles. The van der Waals surface area contributed by atoms with E-state index in [-0.39, 0.29) is 10.0 Å².